The van der Waals surface area contributed by atoms with Gasteiger partial charge in [-0.2, -0.15) is 0 Å². The third-order valence-electron chi connectivity index (χ3n) is 3.90. The SMILES string of the molecule is CN(C)C(=O)CSc1nc2ccccc2c(=O)n1Cc1ccc(F)cc1. The van der Waals surface area contributed by atoms with E-state index >= 15 is 0 Å². The highest BCUT2D eigenvalue weighted by Crippen LogP contribution is 2.19. The monoisotopic (exact) mass is 371 g/mol. The molecule has 3 rings (SSSR count). The molecule has 0 saturated heterocycles. The first kappa shape index (κ1) is 18.1. The fourth-order valence-corrected chi connectivity index (χ4v) is 3.40. The Labute approximate surface area is 154 Å². The van der Waals surface area contributed by atoms with Gasteiger partial charge < -0.3 is 4.90 Å². The second kappa shape index (κ2) is 7.70. The number of nitrogens with zero attached hydrogens (tertiary/aromatic N) is 3. The zero-order valence-corrected chi connectivity index (χ0v) is 15.3. The molecule has 0 radical (unpaired) electrons. The highest BCUT2D eigenvalue weighted by Gasteiger charge is 2.14. The predicted molar refractivity (Wildman–Crippen MR) is 101 cm³/mol. The molecule has 0 spiro atoms. The Morgan fingerprint density at radius 3 is 2.54 bits per heavy atom. The number of hydrogen-bond acceptors (Lipinski definition) is 4. The molecular weight excluding hydrogens is 353 g/mol. The number of hydrogen-bond donors (Lipinski definition) is 0. The molecule has 0 bridgehead atoms. The van der Waals surface area contributed by atoms with Gasteiger partial charge in [0.1, 0.15) is 5.82 Å². The van der Waals surface area contributed by atoms with Crippen LogP contribution in [-0.2, 0) is 11.3 Å². The number of carbonyl (C=O) groups is 1. The zero-order valence-electron chi connectivity index (χ0n) is 14.5. The van der Waals surface area contributed by atoms with Crippen LogP contribution in [0.3, 0.4) is 0 Å². The fraction of sp³-hybridized carbons (Fsp3) is 0.211. The van der Waals surface area contributed by atoms with Crippen molar-refractivity contribution in [1.82, 2.24) is 14.5 Å². The van der Waals surface area contributed by atoms with Crippen LogP contribution in [0.1, 0.15) is 5.56 Å². The quantitative estimate of drug-likeness (QED) is 0.511. The summed E-state index contributed by atoms with van der Waals surface area (Å²) in [5.74, 6) is -0.212. The lowest BCUT2D eigenvalue weighted by Gasteiger charge is -2.14. The zero-order chi connectivity index (χ0) is 18.7. The molecule has 134 valence electrons. The molecule has 0 N–H and O–H groups in total. The van der Waals surface area contributed by atoms with Gasteiger partial charge in [-0.05, 0) is 29.8 Å². The summed E-state index contributed by atoms with van der Waals surface area (Å²) >= 11 is 1.22. The third-order valence-corrected chi connectivity index (χ3v) is 4.87. The summed E-state index contributed by atoms with van der Waals surface area (Å²) in [4.78, 5) is 30.9. The van der Waals surface area contributed by atoms with Crippen LogP contribution in [0.2, 0.25) is 0 Å². The number of aromatic nitrogens is 2. The van der Waals surface area contributed by atoms with Crippen molar-refractivity contribution >= 4 is 28.6 Å². The number of benzene rings is 2. The summed E-state index contributed by atoms with van der Waals surface area (Å²) in [5.41, 5.74) is 1.19. The summed E-state index contributed by atoms with van der Waals surface area (Å²) in [6.45, 7) is 0.259. The number of halogens is 1. The van der Waals surface area contributed by atoms with Crippen molar-refractivity contribution in [3.63, 3.8) is 0 Å². The number of carbonyl (C=O) groups excluding carboxylic acids is 1. The van der Waals surface area contributed by atoms with Crippen molar-refractivity contribution in [2.24, 2.45) is 0 Å². The number of thioether (sulfide) groups is 1. The van der Waals surface area contributed by atoms with E-state index in [2.05, 4.69) is 4.98 Å². The predicted octanol–water partition coefficient (Wildman–Crippen LogP) is 2.76. The Morgan fingerprint density at radius 1 is 1.15 bits per heavy atom. The van der Waals surface area contributed by atoms with E-state index in [4.69, 9.17) is 0 Å². The van der Waals surface area contributed by atoms with Crippen LogP contribution < -0.4 is 5.56 Å². The summed E-state index contributed by atoms with van der Waals surface area (Å²) in [7, 11) is 3.37. The molecule has 2 aromatic carbocycles. The number of amides is 1. The molecule has 0 aliphatic carbocycles. The van der Waals surface area contributed by atoms with Crippen LogP contribution in [0, 0.1) is 5.82 Å². The van der Waals surface area contributed by atoms with Gasteiger partial charge in [-0.15, -0.1) is 0 Å². The van der Waals surface area contributed by atoms with Gasteiger partial charge in [0.2, 0.25) is 5.91 Å². The maximum absolute atomic E-state index is 13.2. The lowest BCUT2D eigenvalue weighted by Crippen LogP contribution is -2.26. The van der Waals surface area contributed by atoms with Gasteiger partial charge in [-0.25, -0.2) is 9.37 Å². The molecule has 1 heterocycles. The van der Waals surface area contributed by atoms with E-state index in [0.717, 1.165) is 5.56 Å². The van der Waals surface area contributed by atoms with Crippen molar-refractivity contribution in [2.45, 2.75) is 11.7 Å². The molecular formula is C19H18FN3O2S. The number of para-hydroxylation sites is 1. The lowest BCUT2D eigenvalue weighted by molar-refractivity contribution is -0.125. The van der Waals surface area contributed by atoms with Crippen molar-refractivity contribution in [3.05, 3.63) is 70.3 Å². The largest absolute Gasteiger partial charge is 0.348 e. The lowest BCUT2D eigenvalue weighted by atomic mass is 10.2. The van der Waals surface area contributed by atoms with Crippen molar-refractivity contribution in [2.75, 3.05) is 19.8 Å². The number of fused-ring (bicyclic) bond motifs is 1. The molecule has 1 amide bonds. The second-order valence-corrected chi connectivity index (χ2v) is 6.95. The van der Waals surface area contributed by atoms with Crippen molar-refractivity contribution < 1.29 is 9.18 Å². The first-order chi connectivity index (χ1) is 12.5. The van der Waals surface area contributed by atoms with Crippen LogP contribution in [0.4, 0.5) is 4.39 Å². The summed E-state index contributed by atoms with van der Waals surface area (Å²) in [6.07, 6.45) is 0. The van der Waals surface area contributed by atoms with E-state index in [9.17, 15) is 14.0 Å². The van der Waals surface area contributed by atoms with Gasteiger partial charge in [-0.3, -0.25) is 14.2 Å². The topological polar surface area (TPSA) is 55.2 Å². The Morgan fingerprint density at radius 2 is 1.85 bits per heavy atom. The van der Waals surface area contributed by atoms with Crippen LogP contribution in [0.15, 0.2) is 58.5 Å². The molecule has 0 aliphatic rings. The Bertz CT molecular complexity index is 1000. The smallest absolute Gasteiger partial charge is 0.262 e. The highest BCUT2D eigenvalue weighted by atomic mass is 32.2. The molecule has 7 heteroatoms. The van der Waals surface area contributed by atoms with E-state index in [1.165, 1.54) is 33.4 Å². The Kier molecular flexibility index (Phi) is 5.37. The van der Waals surface area contributed by atoms with Gasteiger partial charge >= 0.3 is 0 Å². The van der Waals surface area contributed by atoms with Crippen LogP contribution in [0.25, 0.3) is 10.9 Å². The van der Waals surface area contributed by atoms with Crippen LogP contribution >= 0.6 is 11.8 Å². The summed E-state index contributed by atoms with van der Waals surface area (Å²) < 4.78 is 14.7. The van der Waals surface area contributed by atoms with Gasteiger partial charge in [0.05, 0.1) is 23.2 Å². The number of rotatable bonds is 5. The minimum atomic E-state index is -0.330. The molecule has 0 atom stereocenters. The van der Waals surface area contributed by atoms with Crippen LogP contribution in [0.5, 0.6) is 0 Å². The first-order valence-corrected chi connectivity index (χ1v) is 9.01. The molecule has 0 fully saturated rings. The molecule has 26 heavy (non-hydrogen) atoms. The van der Waals surface area contributed by atoms with E-state index < -0.39 is 0 Å². The van der Waals surface area contributed by atoms with E-state index in [1.54, 1.807) is 44.4 Å². The van der Waals surface area contributed by atoms with Gasteiger partial charge in [0.15, 0.2) is 5.16 Å². The molecule has 3 aromatic rings. The minimum absolute atomic E-state index is 0.0641. The average Bonchev–Trinajstić information content (AvgIpc) is 2.64. The standard InChI is InChI=1S/C19H18FN3O2S/c1-22(2)17(24)12-26-19-21-16-6-4-3-5-15(16)18(25)23(19)11-13-7-9-14(20)10-8-13/h3-10H,11-12H2,1-2H3. The van der Waals surface area contributed by atoms with Crippen molar-refractivity contribution in [1.29, 1.82) is 0 Å². The molecule has 0 saturated carbocycles. The molecule has 1 aromatic heterocycles. The summed E-state index contributed by atoms with van der Waals surface area (Å²) in [5, 5.41) is 0.978. The van der Waals surface area contributed by atoms with Crippen molar-refractivity contribution in [3.8, 4) is 0 Å². The van der Waals surface area contributed by atoms with E-state index in [0.29, 0.717) is 16.1 Å². The Balaban J connectivity index is 2.03. The first-order valence-electron chi connectivity index (χ1n) is 8.02. The fourth-order valence-electron chi connectivity index (χ4n) is 2.43. The Hall–Kier alpha value is -2.67. The minimum Gasteiger partial charge on any atom is -0.348 e. The average molecular weight is 371 g/mol. The van der Waals surface area contributed by atoms with Gasteiger partial charge in [-0.1, -0.05) is 36.0 Å². The maximum atomic E-state index is 13.2. The normalized spacial score (nSPS) is 10.9. The van der Waals surface area contributed by atoms with E-state index in [-0.39, 0.29) is 29.6 Å². The maximum Gasteiger partial charge on any atom is 0.262 e. The molecule has 0 aliphatic heterocycles. The third kappa shape index (κ3) is 3.94. The second-order valence-electron chi connectivity index (χ2n) is 6.01. The molecule has 0 unspecified atom stereocenters. The van der Waals surface area contributed by atoms with Crippen LogP contribution in [-0.4, -0.2) is 40.2 Å². The highest BCUT2D eigenvalue weighted by molar-refractivity contribution is 7.99. The summed E-state index contributed by atoms with van der Waals surface area (Å²) in [6, 6.07) is 13.1. The van der Waals surface area contributed by atoms with Gasteiger partial charge in [0, 0.05) is 14.1 Å². The van der Waals surface area contributed by atoms with E-state index in [1.807, 2.05) is 6.07 Å². The molecule has 5 nitrogen and oxygen atoms in total. The van der Waals surface area contributed by atoms with Gasteiger partial charge in [0.25, 0.3) is 5.56 Å².